The van der Waals surface area contributed by atoms with Gasteiger partial charge in [0.1, 0.15) is 11.8 Å². The number of benzene rings is 5. The summed E-state index contributed by atoms with van der Waals surface area (Å²) in [5.41, 5.74) is 7.42. The van der Waals surface area contributed by atoms with Crippen LogP contribution in [0.3, 0.4) is 0 Å². The van der Waals surface area contributed by atoms with Gasteiger partial charge in [-0.15, -0.1) is 0 Å². The summed E-state index contributed by atoms with van der Waals surface area (Å²) in [5, 5.41) is 1.26. The SMILES string of the molecule is O=CC1c2c(Cl)cc(-c3cn(C(c4ccccc4)(c4ccccc4)c4ccccc4)cn3)cc2CN1Cc1ccc(Cl)cc1. The quantitative estimate of drug-likeness (QED) is 0.127. The number of carbonyl (C=O) groups is 1. The lowest BCUT2D eigenvalue weighted by Gasteiger charge is -2.37. The van der Waals surface area contributed by atoms with Crippen LogP contribution in [0.1, 0.15) is 39.4 Å². The molecule has 0 fully saturated rings. The lowest BCUT2D eigenvalue weighted by Crippen LogP contribution is -2.36. The van der Waals surface area contributed by atoms with Crippen LogP contribution in [-0.2, 0) is 23.4 Å². The second kappa shape index (κ2) is 11.9. The fraction of sp³-hybridized carbons (Fsp3) is 0.105. The Balaban J connectivity index is 1.32. The monoisotopic (exact) mass is 613 g/mol. The zero-order chi connectivity index (χ0) is 30.1. The van der Waals surface area contributed by atoms with Crippen LogP contribution in [0.2, 0.25) is 10.0 Å². The summed E-state index contributed by atoms with van der Waals surface area (Å²) in [6.45, 7) is 1.22. The maximum absolute atomic E-state index is 12.3. The highest BCUT2D eigenvalue weighted by atomic mass is 35.5. The van der Waals surface area contributed by atoms with Gasteiger partial charge >= 0.3 is 0 Å². The Bertz CT molecular complexity index is 1810. The number of halogens is 2. The minimum absolute atomic E-state index is 0.415. The third kappa shape index (κ3) is 4.95. The van der Waals surface area contributed by atoms with E-state index in [9.17, 15) is 4.79 Å². The van der Waals surface area contributed by atoms with Crippen molar-refractivity contribution >= 4 is 29.5 Å². The first-order valence-electron chi connectivity index (χ1n) is 14.6. The van der Waals surface area contributed by atoms with Crippen molar-refractivity contribution in [1.82, 2.24) is 14.5 Å². The van der Waals surface area contributed by atoms with Crippen molar-refractivity contribution in [3.05, 3.63) is 183 Å². The average molecular weight is 615 g/mol. The zero-order valence-corrected chi connectivity index (χ0v) is 25.4. The first-order chi connectivity index (χ1) is 21.6. The second-order valence-corrected chi connectivity index (χ2v) is 12.0. The molecule has 0 aliphatic carbocycles. The summed E-state index contributed by atoms with van der Waals surface area (Å²) in [5.74, 6) is 0. The summed E-state index contributed by atoms with van der Waals surface area (Å²) >= 11 is 13.0. The van der Waals surface area contributed by atoms with Gasteiger partial charge in [0.15, 0.2) is 0 Å². The average Bonchev–Trinajstić information content (AvgIpc) is 3.70. The molecule has 0 saturated heterocycles. The van der Waals surface area contributed by atoms with Crippen molar-refractivity contribution in [3.8, 4) is 11.3 Å². The van der Waals surface area contributed by atoms with Crippen molar-refractivity contribution in [2.75, 3.05) is 0 Å². The molecule has 2 heterocycles. The molecule has 0 amide bonds. The number of rotatable bonds is 8. The molecule has 0 radical (unpaired) electrons. The van der Waals surface area contributed by atoms with Crippen LogP contribution in [0.5, 0.6) is 0 Å². The van der Waals surface area contributed by atoms with Crippen LogP contribution in [0.25, 0.3) is 11.3 Å². The molecular formula is C38H29Cl2N3O. The number of aromatic nitrogens is 2. The number of imidazole rings is 1. The van der Waals surface area contributed by atoms with E-state index in [1.54, 1.807) is 0 Å². The molecular weight excluding hydrogens is 585 g/mol. The smallest absolute Gasteiger partial charge is 0.141 e. The highest BCUT2D eigenvalue weighted by molar-refractivity contribution is 6.32. The molecule has 1 unspecified atom stereocenters. The second-order valence-electron chi connectivity index (χ2n) is 11.1. The normalized spacial score (nSPS) is 14.8. The predicted octanol–water partition coefficient (Wildman–Crippen LogP) is 8.95. The van der Waals surface area contributed by atoms with Crippen molar-refractivity contribution in [3.63, 3.8) is 0 Å². The van der Waals surface area contributed by atoms with Gasteiger partial charge in [-0.25, -0.2) is 4.98 Å². The van der Waals surface area contributed by atoms with Gasteiger partial charge in [0.25, 0.3) is 0 Å². The molecule has 6 heteroatoms. The standard InChI is InChI=1S/C38H29Cl2N3O/c39-33-18-16-27(17-19-33)22-42-23-29-20-28(21-34(40)37(29)36(42)25-44)35-24-43(26-41-35)38(30-10-4-1-5-11-30,31-12-6-2-7-13-31)32-14-8-3-9-15-32/h1-21,24-26,36H,22-23H2. The number of fused-ring (bicyclic) bond motifs is 1. The molecule has 4 nitrogen and oxygen atoms in total. The van der Waals surface area contributed by atoms with Crippen LogP contribution in [0.4, 0.5) is 0 Å². The first kappa shape index (κ1) is 28.3. The largest absolute Gasteiger partial charge is 0.318 e. The summed E-state index contributed by atoms with van der Waals surface area (Å²) < 4.78 is 2.20. The molecule has 44 heavy (non-hydrogen) atoms. The molecule has 1 aliphatic heterocycles. The van der Waals surface area contributed by atoms with Gasteiger partial charge in [-0.3, -0.25) is 4.90 Å². The molecule has 7 rings (SSSR count). The summed E-state index contributed by atoms with van der Waals surface area (Å²) in [7, 11) is 0. The van der Waals surface area contributed by atoms with E-state index >= 15 is 0 Å². The predicted molar refractivity (Wildman–Crippen MR) is 177 cm³/mol. The minimum atomic E-state index is -0.659. The van der Waals surface area contributed by atoms with Gasteiger partial charge < -0.3 is 9.36 Å². The first-order valence-corrected chi connectivity index (χ1v) is 15.3. The molecule has 0 bridgehead atoms. The summed E-state index contributed by atoms with van der Waals surface area (Å²) in [6.07, 6.45) is 4.99. The van der Waals surface area contributed by atoms with E-state index in [1.165, 1.54) is 0 Å². The fourth-order valence-corrected chi connectivity index (χ4v) is 7.03. The molecule has 0 N–H and O–H groups in total. The van der Waals surface area contributed by atoms with Gasteiger partial charge in [0, 0.05) is 34.9 Å². The Morgan fingerprint density at radius 2 is 1.34 bits per heavy atom. The topological polar surface area (TPSA) is 38.1 Å². The highest BCUT2D eigenvalue weighted by Crippen LogP contribution is 2.43. The number of hydrogen-bond acceptors (Lipinski definition) is 3. The summed E-state index contributed by atoms with van der Waals surface area (Å²) in [4.78, 5) is 19.4. The van der Waals surface area contributed by atoms with Crippen molar-refractivity contribution in [2.45, 2.75) is 24.7 Å². The Labute approximate surface area is 267 Å². The minimum Gasteiger partial charge on any atom is -0.318 e. The third-order valence-electron chi connectivity index (χ3n) is 8.55. The molecule has 216 valence electrons. The third-order valence-corrected chi connectivity index (χ3v) is 9.11. The van der Waals surface area contributed by atoms with Gasteiger partial charge in [-0.05, 0) is 57.6 Å². The maximum Gasteiger partial charge on any atom is 0.141 e. The van der Waals surface area contributed by atoms with Crippen LogP contribution < -0.4 is 0 Å². The lowest BCUT2D eigenvalue weighted by atomic mass is 9.77. The van der Waals surface area contributed by atoms with E-state index in [0.29, 0.717) is 23.1 Å². The van der Waals surface area contributed by atoms with E-state index in [-0.39, 0.29) is 0 Å². The van der Waals surface area contributed by atoms with E-state index < -0.39 is 11.6 Å². The Morgan fingerprint density at radius 3 is 1.89 bits per heavy atom. The highest BCUT2D eigenvalue weighted by Gasteiger charge is 2.39. The molecule has 6 aromatic rings. The molecule has 0 saturated carbocycles. The van der Waals surface area contributed by atoms with Crippen LogP contribution in [0.15, 0.2) is 140 Å². The van der Waals surface area contributed by atoms with Gasteiger partial charge in [0.05, 0.1) is 18.1 Å². The lowest BCUT2D eigenvalue weighted by molar-refractivity contribution is -0.112. The number of carbonyl (C=O) groups excluding carboxylic acids is 1. The Kier molecular flexibility index (Phi) is 7.65. The van der Waals surface area contributed by atoms with Crippen LogP contribution in [-0.4, -0.2) is 20.7 Å². The van der Waals surface area contributed by atoms with Crippen molar-refractivity contribution in [2.24, 2.45) is 0 Å². The molecule has 1 aromatic heterocycles. The summed E-state index contributed by atoms with van der Waals surface area (Å²) in [6, 6.07) is 43.0. The molecule has 5 aromatic carbocycles. The number of hydrogen-bond donors (Lipinski definition) is 0. The number of nitrogens with zero attached hydrogens (tertiary/aromatic N) is 3. The van der Waals surface area contributed by atoms with E-state index in [0.717, 1.165) is 50.9 Å². The van der Waals surface area contributed by atoms with Crippen LogP contribution in [0, 0.1) is 0 Å². The fourth-order valence-electron chi connectivity index (χ4n) is 6.56. The number of aldehydes is 1. The van der Waals surface area contributed by atoms with E-state index in [2.05, 4.69) is 94.5 Å². The van der Waals surface area contributed by atoms with Gasteiger partial charge in [-0.1, -0.05) is 126 Å². The van der Waals surface area contributed by atoms with Crippen LogP contribution >= 0.6 is 23.2 Å². The van der Waals surface area contributed by atoms with E-state index in [1.807, 2.05) is 54.9 Å². The van der Waals surface area contributed by atoms with Gasteiger partial charge in [-0.2, -0.15) is 0 Å². The molecule has 0 spiro atoms. The Hall–Kier alpha value is -4.48. The molecule has 1 aliphatic rings. The van der Waals surface area contributed by atoms with Crippen molar-refractivity contribution in [1.29, 1.82) is 0 Å². The Morgan fingerprint density at radius 1 is 0.773 bits per heavy atom. The van der Waals surface area contributed by atoms with Crippen molar-refractivity contribution < 1.29 is 4.79 Å². The maximum atomic E-state index is 12.3. The zero-order valence-electron chi connectivity index (χ0n) is 23.9. The van der Waals surface area contributed by atoms with Gasteiger partial charge in [0.2, 0.25) is 0 Å². The van der Waals surface area contributed by atoms with E-state index in [4.69, 9.17) is 28.2 Å². The molecule has 1 atom stereocenters.